The first-order valence-corrected chi connectivity index (χ1v) is 7.54. The van der Waals surface area contributed by atoms with Gasteiger partial charge in [-0.05, 0) is 55.5 Å². The van der Waals surface area contributed by atoms with Crippen molar-refractivity contribution in [3.63, 3.8) is 0 Å². The van der Waals surface area contributed by atoms with Gasteiger partial charge in [0.05, 0.1) is 5.56 Å². The number of ether oxygens (including phenoxy) is 1. The Hall–Kier alpha value is -2.33. The predicted octanol–water partition coefficient (Wildman–Crippen LogP) is 3.83. The first-order valence-electron chi connectivity index (χ1n) is 7.16. The van der Waals surface area contributed by atoms with Crippen molar-refractivity contribution in [2.45, 2.75) is 13.0 Å². The van der Waals surface area contributed by atoms with Gasteiger partial charge >= 0.3 is 5.97 Å². The summed E-state index contributed by atoms with van der Waals surface area (Å²) in [5.41, 5.74) is 1.84. The number of rotatable bonds is 5. The lowest BCUT2D eigenvalue weighted by atomic mass is 10.1. The number of esters is 1. The third-order valence-electron chi connectivity index (χ3n) is 3.40. The standard InChI is InChI=1S/C18H18ClNO3/c1-12(17(21)13-4-8-15(19)9-5-13)23-18(22)14-6-10-16(11-7-14)20(2)3/h4-12H,1-3H3. The number of hydrogen-bond donors (Lipinski definition) is 0. The summed E-state index contributed by atoms with van der Waals surface area (Å²) < 4.78 is 5.25. The van der Waals surface area contributed by atoms with Crippen molar-refractivity contribution >= 4 is 29.0 Å². The molecule has 0 spiro atoms. The molecule has 2 rings (SSSR count). The van der Waals surface area contributed by atoms with Crippen molar-refractivity contribution in [1.82, 2.24) is 0 Å². The maximum absolute atomic E-state index is 12.2. The van der Waals surface area contributed by atoms with Crippen molar-refractivity contribution < 1.29 is 14.3 Å². The number of anilines is 1. The first kappa shape index (κ1) is 17.0. The minimum Gasteiger partial charge on any atom is -0.451 e. The summed E-state index contributed by atoms with van der Waals surface area (Å²) in [6.45, 7) is 1.56. The molecule has 0 saturated carbocycles. The number of carbonyl (C=O) groups excluding carboxylic acids is 2. The van der Waals surface area contributed by atoms with E-state index in [1.54, 1.807) is 43.3 Å². The van der Waals surface area contributed by atoms with Crippen molar-refractivity contribution in [2.75, 3.05) is 19.0 Å². The number of hydrogen-bond acceptors (Lipinski definition) is 4. The monoisotopic (exact) mass is 331 g/mol. The van der Waals surface area contributed by atoms with E-state index in [9.17, 15) is 9.59 Å². The van der Waals surface area contributed by atoms with E-state index in [0.29, 0.717) is 16.1 Å². The van der Waals surface area contributed by atoms with Crippen LogP contribution >= 0.6 is 11.6 Å². The lowest BCUT2D eigenvalue weighted by Crippen LogP contribution is -2.24. The second kappa shape index (κ2) is 7.29. The molecule has 0 heterocycles. The fourth-order valence-electron chi connectivity index (χ4n) is 2.03. The third kappa shape index (κ3) is 4.33. The van der Waals surface area contributed by atoms with Crippen LogP contribution in [0.4, 0.5) is 5.69 Å². The highest BCUT2D eigenvalue weighted by atomic mass is 35.5. The lowest BCUT2D eigenvalue weighted by molar-refractivity contribution is 0.0319. The maximum atomic E-state index is 12.2. The van der Waals surface area contributed by atoms with Gasteiger partial charge in [-0.25, -0.2) is 4.79 Å². The summed E-state index contributed by atoms with van der Waals surface area (Å²) in [6.07, 6.45) is -0.864. The molecule has 120 valence electrons. The van der Waals surface area contributed by atoms with Crippen LogP contribution in [-0.4, -0.2) is 32.0 Å². The van der Waals surface area contributed by atoms with Gasteiger partial charge in [-0.2, -0.15) is 0 Å². The second-order valence-electron chi connectivity index (χ2n) is 5.36. The number of benzene rings is 2. The first-order chi connectivity index (χ1) is 10.9. The van der Waals surface area contributed by atoms with Gasteiger partial charge in [0.25, 0.3) is 0 Å². The molecule has 5 heteroatoms. The zero-order valence-corrected chi connectivity index (χ0v) is 14.0. The topological polar surface area (TPSA) is 46.6 Å². The Morgan fingerprint density at radius 1 is 0.957 bits per heavy atom. The van der Waals surface area contributed by atoms with E-state index < -0.39 is 12.1 Å². The van der Waals surface area contributed by atoms with Crippen molar-refractivity contribution in [1.29, 1.82) is 0 Å². The van der Waals surface area contributed by atoms with Gasteiger partial charge in [0.15, 0.2) is 6.10 Å². The largest absolute Gasteiger partial charge is 0.451 e. The van der Waals surface area contributed by atoms with E-state index in [1.807, 2.05) is 31.1 Å². The van der Waals surface area contributed by atoms with Crippen LogP contribution in [0, 0.1) is 0 Å². The van der Waals surface area contributed by atoms with Gasteiger partial charge < -0.3 is 9.64 Å². The van der Waals surface area contributed by atoms with Crippen LogP contribution in [0.3, 0.4) is 0 Å². The summed E-state index contributed by atoms with van der Waals surface area (Å²) in [6, 6.07) is 13.5. The molecule has 0 aromatic heterocycles. The molecule has 23 heavy (non-hydrogen) atoms. The minimum absolute atomic E-state index is 0.264. The minimum atomic E-state index is -0.864. The van der Waals surface area contributed by atoms with Crippen LogP contribution in [0.1, 0.15) is 27.6 Å². The fourth-order valence-corrected chi connectivity index (χ4v) is 2.15. The molecule has 0 saturated heterocycles. The van der Waals surface area contributed by atoms with Crippen LogP contribution in [-0.2, 0) is 4.74 Å². The van der Waals surface area contributed by atoms with Crippen LogP contribution in [0.25, 0.3) is 0 Å². The summed E-state index contributed by atoms with van der Waals surface area (Å²) in [5, 5.41) is 0.548. The molecule has 0 aliphatic rings. The SMILES string of the molecule is CC(OC(=O)c1ccc(N(C)C)cc1)C(=O)c1ccc(Cl)cc1. The quantitative estimate of drug-likeness (QED) is 0.617. The van der Waals surface area contributed by atoms with Gasteiger partial charge in [-0.15, -0.1) is 0 Å². The number of nitrogens with zero attached hydrogens (tertiary/aromatic N) is 1. The Morgan fingerprint density at radius 3 is 2.00 bits per heavy atom. The lowest BCUT2D eigenvalue weighted by Gasteiger charge is -2.14. The molecule has 0 bridgehead atoms. The fraction of sp³-hybridized carbons (Fsp3) is 0.222. The zero-order chi connectivity index (χ0) is 17.0. The van der Waals surface area contributed by atoms with Crippen molar-refractivity contribution in [3.8, 4) is 0 Å². The summed E-state index contributed by atoms with van der Waals surface area (Å²) in [5.74, 6) is -0.787. The van der Waals surface area contributed by atoms with E-state index in [0.717, 1.165) is 5.69 Å². The number of halogens is 1. The summed E-state index contributed by atoms with van der Waals surface area (Å²) in [4.78, 5) is 26.3. The second-order valence-corrected chi connectivity index (χ2v) is 5.80. The highest BCUT2D eigenvalue weighted by Crippen LogP contribution is 2.15. The summed E-state index contributed by atoms with van der Waals surface area (Å²) >= 11 is 5.80. The Bertz CT molecular complexity index is 693. The number of ketones is 1. The molecule has 1 unspecified atom stereocenters. The van der Waals surface area contributed by atoms with E-state index >= 15 is 0 Å². The highest BCUT2D eigenvalue weighted by molar-refractivity contribution is 6.30. The van der Waals surface area contributed by atoms with Gasteiger partial charge in [-0.1, -0.05) is 11.6 Å². The molecule has 0 amide bonds. The smallest absolute Gasteiger partial charge is 0.338 e. The van der Waals surface area contributed by atoms with Crippen LogP contribution in [0.2, 0.25) is 5.02 Å². The summed E-state index contributed by atoms with van der Waals surface area (Å²) in [7, 11) is 3.83. The zero-order valence-electron chi connectivity index (χ0n) is 13.2. The highest BCUT2D eigenvalue weighted by Gasteiger charge is 2.20. The molecule has 0 N–H and O–H groups in total. The normalized spacial score (nSPS) is 11.7. The molecule has 0 fully saturated rings. The molecule has 0 radical (unpaired) electrons. The predicted molar refractivity (Wildman–Crippen MR) is 91.4 cm³/mol. The Balaban J connectivity index is 2.04. The Morgan fingerprint density at radius 2 is 1.48 bits per heavy atom. The maximum Gasteiger partial charge on any atom is 0.338 e. The average Bonchev–Trinajstić information content (AvgIpc) is 2.54. The molecule has 2 aromatic rings. The van der Waals surface area contributed by atoms with Crippen LogP contribution in [0.15, 0.2) is 48.5 Å². The van der Waals surface area contributed by atoms with Crippen LogP contribution < -0.4 is 4.90 Å². The number of carbonyl (C=O) groups is 2. The third-order valence-corrected chi connectivity index (χ3v) is 3.65. The van der Waals surface area contributed by atoms with Crippen molar-refractivity contribution in [2.24, 2.45) is 0 Å². The van der Waals surface area contributed by atoms with Gasteiger partial charge in [0.2, 0.25) is 5.78 Å². The van der Waals surface area contributed by atoms with Crippen LogP contribution in [0.5, 0.6) is 0 Å². The van der Waals surface area contributed by atoms with E-state index in [-0.39, 0.29) is 5.78 Å². The molecule has 2 aromatic carbocycles. The molecule has 1 atom stereocenters. The van der Waals surface area contributed by atoms with E-state index in [4.69, 9.17) is 16.3 Å². The Kier molecular flexibility index (Phi) is 5.40. The van der Waals surface area contributed by atoms with Crippen molar-refractivity contribution in [3.05, 3.63) is 64.7 Å². The average molecular weight is 332 g/mol. The molecule has 4 nitrogen and oxygen atoms in total. The van der Waals surface area contributed by atoms with E-state index in [2.05, 4.69) is 0 Å². The Labute approximate surface area is 140 Å². The van der Waals surface area contributed by atoms with Gasteiger partial charge in [-0.3, -0.25) is 4.79 Å². The van der Waals surface area contributed by atoms with Gasteiger partial charge in [0, 0.05) is 30.4 Å². The van der Waals surface area contributed by atoms with Gasteiger partial charge in [0.1, 0.15) is 0 Å². The van der Waals surface area contributed by atoms with E-state index in [1.165, 1.54) is 0 Å². The molecule has 0 aliphatic carbocycles. The molecular formula is C18H18ClNO3. The number of Topliss-reactive ketones (excluding diaryl/α,β-unsaturated/α-hetero) is 1. The molecule has 0 aliphatic heterocycles. The molecular weight excluding hydrogens is 314 g/mol.